The molecule has 0 radical (unpaired) electrons. The lowest BCUT2D eigenvalue weighted by atomic mass is 9.84. The monoisotopic (exact) mass is 380 g/mol. The fourth-order valence-electron chi connectivity index (χ4n) is 3.11. The summed E-state index contributed by atoms with van der Waals surface area (Å²) in [6, 6.07) is 8.94. The predicted octanol–water partition coefficient (Wildman–Crippen LogP) is 7.56. The Bertz CT molecular complexity index is 811. The molecule has 0 heterocycles. The van der Waals surface area contributed by atoms with Crippen molar-refractivity contribution in [3.05, 3.63) is 60.7 Å². The largest absolute Gasteiger partial charge is 0.493 e. The van der Waals surface area contributed by atoms with Gasteiger partial charge in [-0.3, -0.25) is 0 Å². The summed E-state index contributed by atoms with van der Waals surface area (Å²) in [6.45, 7) is 20.0. The second-order valence-electron chi connectivity index (χ2n) is 8.50. The number of hydrogen-bond donors (Lipinski definition) is 0. The molecule has 0 aliphatic heterocycles. The Morgan fingerprint density at radius 1 is 0.893 bits per heavy atom. The average molecular weight is 381 g/mol. The Balaban J connectivity index is 2.68. The zero-order valence-corrected chi connectivity index (χ0v) is 18.3. The van der Waals surface area contributed by atoms with Crippen molar-refractivity contribution in [1.82, 2.24) is 0 Å². The van der Waals surface area contributed by atoms with Crippen LogP contribution in [0.4, 0.5) is 0 Å². The minimum atomic E-state index is 0.0263. The quantitative estimate of drug-likeness (QED) is 0.313. The summed E-state index contributed by atoms with van der Waals surface area (Å²) in [5, 5.41) is 2.25. The van der Waals surface area contributed by atoms with Crippen molar-refractivity contribution < 1.29 is 9.47 Å². The highest BCUT2D eigenvalue weighted by Gasteiger charge is 2.20. The summed E-state index contributed by atoms with van der Waals surface area (Å²) in [5.41, 5.74) is 2.57. The van der Waals surface area contributed by atoms with Gasteiger partial charge in [0.1, 0.15) is 11.5 Å². The van der Waals surface area contributed by atoms with Crippen molar-refractivity contribution in [3.63, 3.8) is 0 Å². The lowest BCUT2D eigenvalue weighted by molar-refractivity contribution is 0.324. The molecular formula is C26H36O2. The van der Waals surface area contributed by atoms with Gasteiger partial charge in [0.15, 0.2) is 0 Å². The molecule has 28 heavy (non-hydrogen) atoms. The normalized spacial score (nSPS) is 12.6. The molecule has 1 atom stereocenters. The van der Waals surface area contributed by atoms with E-state index in [1.807, 2.05) is 12.2 Å². The van der Waals surface area contributed by atoms with Crippen LogP contribution in [0.25, 0.3) is 10.8 Å². The Hall–Kier alpha value is -2.22. The van der Waals surface area contributed by atoms with Crippen LogP contribution in [0.2, 0.25) is 0 Å². The molecule has 2 aromatic carbocycles. The van der Waals surface area contributed by atoms with Crippen molar-refractivity contribution >= 4 is 10.8 Å². The van der Waals surface area contributed by atoms with Gasteiger partial charge < -0.3 is 9.47 Å². The van der Waals surface area contributed by atoms with E-state index in [1.165, 1.54) is 11.1 Å². The van der Waals surface area contributed by atoms with Crippen LogP contribution in [0.1, 0.15) is 70.9 Å². The molecule has 0 saturated carbocycles. The lowest BCUT2D eigenvalue weighted by Gasteiger charge is -2.23. The highest BCUT2D eigenvalue weighted by atomic mass is 16.5. The van der Waals surface area contributed by atoms with E-state index in [9.17, 15) is 0 Å². The van der Waals surface area contributed by atoms with Gasteiger partial charge in [0.2, 0.25) is 0 Å². The Kier molecular flexibility index (Phi) is 7.74. The number of benzene rings is 2. The van der Waals surface area contributed by atoms with E-state index < -0.39 is 0 Å². The van der Waals surface area contributed by atoms with E-state index >= 15 is 0 Å². The summed E-state index contributed by atoms with van der Waals surface area (Å²) < 4.78 is 12.4. The van der Waals surface area contributed by atoms with Gasteiger partial charge in [0, 0.05) is 10.8 Å². The first-order chi connectivity index (χ1) is 13.3. The smallest absolute Gasteiger partial charge is 0.127 e. The molecule has 0 aromatic heterocycles. The Morgan fingerprint density at radius 3 is 1.93 bits per heavy atom. The van der Waals surface area contributed by atoms with Crippen LogP contribution < -0.4 is 9.47 Å². The van der Waals surface area contributed by atoms with Gasteiger partial charge in [-0.1, -0.05) is 46.8 Å². The molecule has 0 saturated heterocycles. The average Bonchev–Trinajstić information content (AvgIpc) is 2.66. The zero-order valence-electron chi connectivity index (χ0n) is 18.3. The van der Waals surface area contributed by atoms with Crippen LogP contribution in [0.3, 0.4) is 0 Å². The fourth-order valence-corrected chi connectivity index (χ4v) is 3.11. The van der Waals surface area contributed by atoms with Crippen LogP contribution in [0.5, 0.6) is 11.5 Å². The van der Waals surface area contributed by atoms with Crippen molar-refractivity contribution in [2.45, 2.75) is 65.2 Å². The standard InChI is InChI=1S/C26H36O2/c1-8-11-13-27-24-16-20(19(4)10-3)15-22-23(24)17-21(26(5,6)7)18-25(22)28-14-12-9-2/h8-9,15-19H,1-2,10-14H2,3-7H3. The summed E-state index contributed by atoms with van der Waals surface area (Å²) in [7, 11) is 0. The predicted molar refractivity (Wildman–Crippen MR) is 122 cm³/mol. The van der Waals surface area contributed by atoms with Crippen LogP contribution in [0, 0.1) is 0 Å². The summed E-state index contributed by atoms with van der Waals surface area (Å²) in [6.07, 6.45) is 6.53. The Labute approximate surface area is 171 Å². The van der Waals surface area contributed by atoms with Crippen molar-refractivity contribution in [1.29, 1.82) is 0 Å². The molecule has 0 aliphatic carbocycles. The lowest BCUT2D eigenvalue weighted by Crippen LogP contribution is -2.12. The van der Waals surface area contributed by atoms with E-state index in [0.29, 0.717) is 19.1 Å². The number of rotatable bonds is 10. The van der Waals surface area contributed by atoms with E-state index in [0.717, 1.165) is 41.5 Å². The van der Waals surface area contributed by atoms with Gasteiger partial charge in [0.05, 0.1) is 13.2 Å². The van der Waals surface area contributed by atoms with Gasteiger partial charge in [-0.25, -0.2) is 0 Å². The van der Waals surface area contributed by atoms with E-state index in [1.54, 1.807) is 0 Å². The summed E-state index contributed by atoms with van der Waals surface area (Å²) in [5.74, 6) is 2.34. The molecule has 0 aliphatic rings. The van der Waals surface area contributed by atoms with E-state index in [-0.39, 0.29) is 5.41 Å². The molecule has 2 heteroatoms. The molecule has 0 spiro atoms. The molecular weight excluding hydrogens is 344 g/mol. The van der Waals surface area contributed by atoms with Crippen LogP contribution in [-0.2, 0) is 5.41 Å². The van der Waals surface area contributed by atoms with Gasteiger partial charge in [-0.2, -0.15) is 0 Å². The number of fused-ring (bicyclic) bond motifs is 1. The Morgan fingerprint density at radius 2 is 1.43 bits per heavy atom. The van der Waals surface area contributed by atoms with E-state index in [4.69, 9.17) is 9.47 Å². The third-order valence-corrected chi connectivity index (χ3v) is 5.22. The third kappa shape index (κ3) is 5.41. The van der Waals surface area contributed by atoms with Crippen LogP contribution in [-0.4, -0.2) is 13.2 Å². The van der Waals surface area contributed by atoms with Gasteiger partial charge in [-0.15, -0.1) is 13.2 Å². The van der Waals surface area contributed by atoms with Crippen LogP contribution in [0.15, 0.2) is 49.6 Å². The maximum atomic E-state index is 6.20. The molecule has 0 bridgehead atoms. The fraction of sp³-hybridized carbons (Fsp3) is 0.462. The molecule has 1 unspecified atom stereocenters. The second-order valence-corrected chi connectivity index (χ2v) is 8.50. The SMILES string of the molecule is C=CCCOc1cc(C(C)(C)C)cc2c(OCCC=C)cc(C(C)CC)cc12. The molecule has 2 aromatic rings. The molecule has 0 fully saturated rings. The molecule has 0 N–H and O–H groups in total. The summed E-state index contributed by atoms with van der Waals surface area (Å²) >= 11 is 0. The maximum absolute atomic E-state index is 6.20. The molecule has 0 amide bonds. The van der Waals surface area contributed by atoms with Gasteiger partial charge in [0.25, 0.3) is 0 Å². The first-order valence-electron chi connectivity index (χ1n) is 10.4. The minimum absolute atomic E-state index is 0.0263. The number of ether oxygens (including phenoxy) is 2. The van der Waals surface area contributed by atoms with Gasteiger partial charge >= 0.3 is 0 Å². The topological polar surface area (TPSA) is 18.5 Å². The number of hydrogen-bond acceptors (Lipinski definition) is 2. The second kappa shape index (κ2) is 9.82. The van der Waals surface area contributed by atoms with Crippen LogP contribution >= 0.6 is 0 Å². The first kappa shape index (κ1) is 22.1. The third-order valence-electron chi connectivity index (χ3n) is 5.22. The maximum Gasteiger partial charge on any atom is 0.127 e. The van der Waals surface area contributed by atoms with Crippen molar-refractivity contribution in [3.8, 4) is 11.5 Å². The van der Waals surface area contributed by atoms with Gasteiger partial charge in [-0.05, 0) is 66.0 Å². The highest BCUT2D eigenvalue weighted by molar-refractivity contribution is 5.94. The first-order valence-corrected chi connectivity index (χ1v) is 10.4. The van der Waals surface area contributed by atoms with Crippen molar-refractivity contribution in [2.24, 2.45) is 0 Å². The molecule has 2 rings (SSSR count). The highest BCUT2D eigenvalue weighted by Crippen LogP contribution is 2.40. The minimum Gasteiger partial charge on any atom is -0.493 e. The van der Waals surface area contributed by atoms with Crippen molar-refractivity contribution in [2.75, 3.05) is 13.2 Å². The molecule has 152 valence electrons. The zero-order chi connectivity index (χ0) is 20.7. The van der Waals surface area contributed by atoms with E-state index in [2.05, 4.69) is 72.0 Å². The summed E-state index contributed by atoms with van der Waals surface area (Å²) in [4.78, 5) is 0. The molecule has 2 nitrogen and oxygen atoms in total.